The lowest BCUT2D eigenvalue weighted by Crippen LogP contribution is -2.16. The van der Waals surface area contributed by atoms with E-state index in [0.717, 1.165) is 23.8 Å². The van der Waals surface area contributed by atoms with Crippen LogP contribution in [0.15, 0.2) is 65.6 Å². The molecule has 0 saturated heterocycles. The first kappa shape index (κ1) is 22.7. The van der Waals surface area contributed by atoms with Crippen LogP contribution in [0.25, 0.3) is 0 Å². The number of nitrogens with zero attached hydrogens (tertiary/aromatic N) is 1. The smallest absolute Gasteiger partial charge is 0.372 e. The Hall–Kier alpha value is -2.98. The Bertz CT molecular complexity index is 1160. The molecule has 3 aromatic rings. The predicted molar refractivity (Wildman–Crippen MR) is 106 cm³/mol. The zero-order chi connectivity index (χ0) is 22.6. The van der Waals surface area contributed by atoms with Gasteiger partial charge in [0.2, 0.25) is 0 Å². The van der Waals surface area contributed by atoms with Crippen molar-refractivity contribution in [3.63, 3.8) is 0 Å². The molecular weight excluding hydrogens is 436 g/mol. The van der Waals surface area contributed by atoms with E-state index in [2.05, 4.69) is 9.71 Å². The number of aryl methyl sites for hydroxylation is 1. The second-order valence-corrected chi connectivity index (χ2v) is 8.37. The summed E-state index contributed by atoms with van der Waals surface area (Å²) in [6.45, 7) is 2.10. The largest absolute Gasteiger partial charge is 0.416 e. The lowest BCUT2D eigenvalue weighted by molar-refractivity contribution is -0.137. The minimum absolute atomic E-state index is 0.0304. The molecule has 0 bridgehead atoms. The van der Waals surface area contributed by atoms with Gasteiger partial charge in [-0.2, -0.15) is 13.2 Å². The Balaban J connectivity index is 1.67. The molecule has 31 heavy (non-hydrogen) atoms. The van der Waals surface area contributed by atoms with Gasteiger partial charge in [0.25, 0.3) is 10.0 Å². The van der Waals surface area contributed by atoms with E-state index in [9.17, 15) is 26.0 Å². The van der Waals surface area contributed by atoms with E-state index < -0.39 is 26.7 Å². The van der Waals surface area contributed by atoms with E-state index in [-0.39, 0.29) is 24.8 Å². The van der Waals surface area contributed by atoms with Gasteiger partial charge in [-0.25, -0.2) is 17.8 Å². The summed E-state index contributed by atoms with van der Waals surface area (Å²) in [5.74, 6) is -0.371. The molecule has 0 aliphatic heterocycles. The van der Waals surface area contributed by atoms with Crippen molar-refractivity contribution in [3.05, 3.63) is 88.9 Å². The maximum atomic E-state index is 12.9. The number of halogens is 4. The highest BCUT2D eigenvalue weighted by Crippen LogP contribution is 2.30. The molecule has 0 aliphatic rings. The molecule has 0 unspecified atom stereocenters. The van der Waals surface area contributed by atoms with Crippen LogP contribution in [0.1, 0.15) is 22.4 Å². The molecule has 164 valence electrons. The normalized spacial score (nSPS) is 12.0. The van der Waals surface area contributed by atoms with Crippen molar-refractivity contribution < 1.29 is 30.7 Å². The lowest BCUT2D eigenvalue weighted by Gasteiger charge is -2.12. The molecule has 1 N–H and O–H groups in total. The fourth-order valence-electron chi connectivity index (χ4n) is 2.69. The fraction of sp³-hybridized carbons (Fsp3) is 0.190. The number of aromatic nitrogens is 1. The van der Waals surface area contributed by atoms with Crippen LogP contribution in [-0.2, 0) is 34.2 Å². The molecular formula is C21H18F4N2O3S. The first-order valence-electron chi connectivity index (χ1n) is 9.03. The van der Waals surface area contributed by atoms with Crippen molar-refractivity contribution >= 4 is 15.8 Å². The molecule has 5 nitrogen and oxygen atoms in total. The number of anilines is 1. The monoisotopic (exact) mass is 454 g/mol. The number of hydrogen-bond acceptors (Lipinski definition) is 4. The van der Waals surface area contributed by atoms with E-state index in [4.69, 9.17) is 4.74 Å². The maximum absolute atomic E-state index is 12.9. The van der Waals surface area contributed by atoms with E-state index in [1.807, 2.05) is 0 Å². The van der Waals surface area contributed by atoms with Gasteiger partial charge in [0, 0.05) is 5.69 Å². The fourth-order valence-corrected chi connectivity index (χ4v) is 3.74. The van der Waals surface area contributed by atoms with Crippen LogP contribution in [0.4, 0.5) is 23.4 Å². The molecule has 0 radical (unpaired) electrons. The highest BCUT2D eigenvalue weighted by atomic mass is 32.2. The SMILES string of the molecule is Cc1nc(NS(=O)(=O)c2cccc(C(F)(F)F)c2)ccc1COCc1ccc(F)cc1. The van der Waals surface area contributed by atoms with Crippen molar-refractivity contribution in [2.24, 2.45) is 0 Å². The van der Waals surface area contributed by atoms with Crippen LogP contribution in [0.2, 0.25) is 0 Å². The Labute approximate surface area is 176 Å². The third-order valence-electron chi connectivity index (χ3n) is 4.35. The van der Waals surface area contributed by atoms with Gasteiger partial charge in [0.15, 0.2) is 0 Å². The Morgan fingerprint density at radius 1 is 1.00 bits per heavy atom. The van der Waals surface area contributed by atoms with E-state index in [1.54, 1.807) is 25.1 Å². The third-order valence-corrected chi connectivity index (χ3v) is 5.70. The van der Waals surface area contributed by atoms with E-state index in [1.165, 1.54) is 18.2 Å². The van der Waals surface area contributed by atoms with Gasteiger partial charge >= 0.3 is 6.18 Å². The number of sulfonamides is 1. The second kappa shape index (κ2) is 9.03. The van der Waals surface area contributed by atoms with Crippen LogP contribution in [0.3, 0.4) is 0 Å². The first-order chi connectivity index (χ1) is 14.5. The minimum atomic E-state index is -4.66. The number of ether oxygens (including phenoxy) is 1. The number of pyridine rings is 1. The molecule has 0 aliphatic carbocycles. The number of rotatable bonds is 7. The zero-order valence-corrected chi connectivity index (χ0v) is 17.1. The van der Waals surface area contributed by atoms with Gasteiger partial charge in [0.1, 0.15) is 11.6 Å². The number of alkyl halides is 3. The van der Waals surface area contributed by atoms with Crippen LogP contribution in [0, 0.1) is 12.7 Å². The third kappa shape index (κ3) is 6.02. The Morgan fingerprint density at radius 2 is 1.71 bits per heavy atom. The van der Waals surface area contributed by atoms with Gasteiger partial charge in [-0.1, -0.05) is 24.3 Å². The van der Waals surface area contributed by atoms with Gasteiger partial charge in [0.05, 0.1) is 23.7 Å². The van der Waals surface area contributed by atoms with Gasteiger partial charge < -0.3 is 4.74 Å². The number of nitrogens with one attached hydrogen (secondary N) is 1. The summed E-state index contributed by atoms with van der Waals surface area (Å²) < 4.78 is 84.2. The number of benzene rings is 2. The second-order valence-electron chi connectivity index (χ2n) is 6.69. The van der Waals surface area contributed by atoms with Crippen molar-refractivity contribution in [2.45, 2.75) is 31.2 Å². The maximum Gasteiger partial charge on any atom is 0.416 e. The summed E-state index contributed by atoms with van der Waals surface area (Å²) in [6, 6.07) is 12.3. The highest BCUT2D eigenvalue weighted by molar-refractivity contribution is 7.92. The summed E-state index contributed by atoms with van der Waals surface area (Å²) in [7, 11) is -4.26. The highest BCUT2D eigenvalue weighted by Gasteiger charge is 2.31. The molecule has 0 amide bonds. The Morgan fingerprint density at radius 3 is 2.35 bits per heavy atom. The number of hydrogen-bond donors (Lipinski definition) is 1. The molecule has 2 aromatic carbocycles. The summed E-state index contributed by atoms with van der Waals surface area (Å²) >= 11 is 0. The van der Waals surface area contributed by atoms with Crippen LogP contribution >= 0.6 is 0 Å². The van der Waals surface area contributed by atoms with Crippen molar-refractivity contribution in [3.8, 4) is 0 Å². The van der Waals surface area contributed by atoms with Crippen molar-refractivity contribution in [1.82, 2.24) is 4.98 Å². The molecule has 0 atom stereocenters. The van der Waals surface area contributed by atoms with Gasteiger partial charge in [-0.05, 0) is 54.4 Å². The Kier molecular flexibility index (Phi) is 6.61. The van der Waals surface area contributed by atoms with E-state index in [0.29, 0.717) is 17.3 Å². The van der Waals surface area contributed by atoms with Crippen molar-refractivity contribution in [2.75, 3.05) is 4.72 Å². The summed E-state index contributed by atoms with van der Waals surface area (Å²) in [5, 5.41) is 0. The molecule has 1 heterocycles. The van der Waals surface area contributed by atoms with Crippen LogP contribution < -0.4 is 4.72 Å². The standard InChI is InChI=1S/C21H18F4N2O3S/c1-14-16(13-30-12-15-5-8-18(22)9-6-15)7-10-20(26-14)27-31(28,29)19-4-2-3-17(11-19)21(23,24)25/h2-11H,12-13H2,1H3,(H,26,27). The van der Waals surface area contributed by atoms with Gasteiger partial charge in [-0.3, -0.25) is 4.72 Å². The average Bonchev–Trinajstić information content (AvgIpc) is 2.70. The average molecular weight is 454 g/mol. The predicted octanol–water partition coefficient (Wildman–Crippen LogP) is 5.07. The molecule has 10 heteroatoms. The first-order valence-corrected chi connectivity index (χ1v) is 10.5. The quantitative estimate of drug-likeness (QED) is 0.507. The van der Waals surface area contributed by atoms with Gasteiger partial charge in [-0.15, -0.1) is 0 Å². The summed E-state index contributed by atoms with van der Waals surface area (Å²) in [4.78, 5) is 3.63. The molecule has 1 aromatic heterocycles. The molecule has 0 saturated carbocycles. The topological polar surface area (TPSA) is 68.3 Å². The minimum Gasteiger partial charge on any atom is -0.372 e. The molecule has 3 rings (SSSR count). The lowest BCUT2D eigenvalue weighted by atomic mass is 10.2. The zero-order valence-electron chi connectivity index (χ0n) is 16.3. The molecule has 0 fully saturated rings. The summed E-state index contributed by atoms with van der Waals surface area (Å²) in [5.41, 5.74) is 0.915. The van der Waals surface area contributed by atoms with Crippen LogP contribution in [0.5, 0.6) is 0 Å². The summed E-state index contributed by atoms with van der Waals surface area (Å²) in [6.07, 6.45) is -4.66. The van der Waals surface area contributed by atoms with Crippen LogP contribution in [-0.4, -0.2) is 13.4 Å². The molecule has 0 spiro atoms. The van der Waals surface area contributed by atoms with E-state index >= 15 is 0 Å². The van der Waals surface area contributed by atoms with Crippen molar-refractivity contribution in [1.29, 1.82) is 0 Å².